The van der Waals surface area contributed by atoms with Crippen LogP contribution >= 0.6 is 0 Å². The van der Waals surface area contributed by atoms with E-state index in [2.05, 4.69) is 6.92 Å². The third kappa shape index (κ3) is 1.10. The van der Waals surface area contributed by atoms with Crippen LogP contribution in [0.15, 0.2) is 0 Å². The van der Waals surface area contributed by atoms with Crippen LogP contribution in [0.2, 0.25) is 0 Å². The number of carbonyl (C=O) groups is 2. The minimum Gasteiger partial charge on any atom is -0.299 e. The summed E-state index contributed by atoms with van der Waals surface area (Å²) in [7, 11) is 0. The molecule has 2 aliphatic rings. The molecule has 0 saturated heterocycles. The lowest BCUT2D eigenvalue weighted by Gasteiger charge is -2.27. The SMILES string of the molecule is CC1CCC2C(=O)CC(=O)C2C1. The molecule has 12 heavy (non-hydrogen) atoms. The average Bonchev–Trinajstić information content (AvgIpc) is 2.28. The molecule has 2 fully saturated rings. The van der Waals surface area contributed by atoms with E-state index in [0.717, 1.165) is 19.3 Å². The highest BCUT2D eigenvalue weighted by Gasteiger charge is 2.43. The van der Waals surface area contributed by atoms with Crippen LogP contribution in [-0.2, 0) is 9.59 Å². The van der Waals surface area contributed by atoms with Crippen molar-refractivity contribution in [3.63, 3.8) is 0 Å². The van der Waals surface area contributed by atoms with Crippen LogP contribution in [0.5, 0.6) is 0 Å². The van der Waals surface area contributed by atoms with Crippen LogP contribution in [0.4, 0.5) is 0 Å². The Hall–Kier alpha value is -0.660. The first kappa shape index (κ1) is 7.96. The second kappa shape index (κ2) is 2.68. The van der Waals surface area contributed by atoms with Crippen LogP contribution in [0, 0.1) is 17.8 Å². The predicted molar refractivity (Wildman–Crippen MR) is 44.6 cm³/mol. The molecule has 2 aliphatic carbocycles. The van der Waals surface area contributed by atoms with Gasteiger partial charge in [0.25, 0.3) is 0 Å². The molecule has 0 aromatic heterocycles. The van der Waals surface area contributed by atoms with Gasteiger partial charge >= 0.3 is 0 Å². The molecule has 2 rings (SSSR count). The maximum atomic E-state index is 11.3. The van der Waals surface area contributed by atoms with Gasteiger partial charge in [-0.15, -0.1) is 0 Å². The Balaban J connectivity index is 2.17. The number of rotatable bonds is 0. The summed E-state index contributed by atoms with van der Waals surface area (Å²) >= 11 is 0. The quantitative estimate of drug-likeness (QED) is 0.512. The molecule has 0 heterocycles. The maximum Gasteiger partial charge on any atom is 0.144 e. The molecule has 2 nitrogen and oxygen atoms in total. The molecule has 0 aliphatic heterocycles. The summed E-state index contributed by atoms with van der Waals surface area (Å²) in [5, 5.41) is 0. The summed E-state index contributed by atoms with van der Waals surface area (Å²) in [6, 6.07) is 0. The summed E-state index contributed by atoms with van der Waals surface area (Å²) < 4.78 is 0. The maximum absolute atomic E-state index is 11.3. The minimum atomic E-state index is 0.0984. The van der Waals surface area contributed by atoms with Crippen LogP contribution in [-0.4, -0.2) is 11.6 Å². The Labute approximate surface area is 72.3 Å². The fraction of sp³-hybridized carbons (Fsp3) is 0.800. The van der Waals surface area contributed by atoms with E-state index in [1.807, 2.05) is 0 Å². The van der Waals surface area contributed by atoms with Crippen molar-refractivity contribution in [1.82, 2.24) is 0 Å². The lowest BCUT2D eigenvalue weighted by molar-refractivity contribution is -0.122. The minimum absolute atomic E-state index is 0.0984. The van der Waals surface area contributed by atoms with E-state index in [1.54, 1.807) is 0 Å². The van der Waals surface area contributed by atoms with Gasteiger partial charge in [0.2, 0.25) is 0 Å². The van der Waals surface area contributed by atoms with Gasteiger partial charge in [0, 0.05) is 11.8 Å². The molecule has 2 heteroatoms. The second-order valence-corrected chi connectivity index (χ2v) is 4.24. The Bertz CT molecular complexity index is 232. The zero-order chi connectivity index (χ0) is 8.72. The first-order valence-electron chi connectivity index (χ1n) is 4.74. The topological polar surface area (TPSA) is 34.1 Å². The highest BCUT2D eigenvalue weighted by Crippen LogP contribution is 2.40. The van der Waals surface area contributed by atoms with Crippen molar-refractivity contribution in [2.24, 2.45) is 17.8 Å². The summed E-state index contributed by atoms with van der Waals surface area (Å²) in [6.45, 7) is 2.17. The molecule has 3 unspecified atom stereocenters. The molecule has 0 N–H and O–H groups in total. The molecule has 66 valence electrons. The first-order valence-corrected chi connectivity index (χ1v) is 4.74. The van der Waals surface area contributed by atoms with Gasteiger partial charge in [0.05, 0.1) is 6.42 Å². The molecule has 0 aromatic rings. The van der Waals surface area contributed by atoms with Crippen molar-refractivity contribution in [3.05, 3.63) is 0 Å². The molecule has 0 aromatic carbocycles. The standard InChI is InChI=1S/C10H14O2/c1-6-2-3-7-8(4-6)10(12)5-9(7)11/h6-8H,2-5H2,1H3. The van der Waals surface area contributed by atoms with Gasteiger partial charge in [-0.3, -0.25) is 9.59 Å². The third-order valence-corrected chi connectivity index (χ3v) is 3.29. The van der Waals surface area contributed by atoms with Crippen molar-refractivity contribution in [1.29, 1.82) is 0 Å². The highest BCUT2D eigenvalue weighted by molar-refractivity contribution is 6.08. The number of Topliss-reactive ketones (excluding diaryl/α,β-unsaturated/α-hetero) is 2. The van der Waals surface area contributed by atoms with E-state index >= 15 is 0 Å². The van der Waals surface area contributed by atoms with E-state index in [-0.39, 0.29) is 29.8 Å². The predicted octanol–water partition coefficient (Wildman–Crippen LogP) is 1.58. The summed E-state index contributed by atoms with van der Waals surface area (Å²) in [5.41, 5.74) is 0. The van der Waals surface area contributed by atoms with E-state index in [1.165, 1.54) is 0 Å². The fourth-order valence-electron chi connectivity index (χ4n) is 2.56. The van der Waals surface area contributed by atoms with Gasteiger partial charge in [0.15, 0.2) is 0 Å². The summed E-state index contributed by atoms with van der Waals surface area (Å²) in [5.74, 6) is 1.25. The Morgan fingerprint density at radius 2 is 1.75 bits per heavy atom. The van der Waals surface area contributed by atoms with Crippen LogP contribution in [0.3, 0.4) is 0 Å². The van der Waals surface area contributed by atoms with Gasteiger partial charge in [-0.25, -0.2) is 0 Å². The summed E-state index contributed by atoms with van der Waals surface area (Å²) in [4.78, 5) is 22.6. The van der Waals surface area contributed by atoms with Crippen LogP contribution in [0.1, 0.15) is 32.6 Å². The lowest BCUT2D eigenvalue weighted by atomic mass is 9.76. The molecule has 3 atom stereocenters. The smallest absolute Gasteiger partial charge is 0.144 e. The summed E-state index contributed by atoms with van der Waals surface area (Å²) in [6.07, 6.45) is 3.26. The normalized spacial score (nSPS) is 41.6. The van der Waals surface area contributed by atoms with E-state index in [4.69, 9.17) is 0 Å². The largest absolute Gasteiger partial charge is 0.299 e. The Kier molecular flexibility index (Phi) is 1.78. The Morgan fingerprint density at radius 3 is 2.50 bits per heavy atom. The van der Waals surface area contributed by atoms with Crippen molar-refractivity contribution in [2.45, 2.75) is 32.6 Å². The molecule has 0 bridgehead atoms. The van der Waals surface area contributed by atoms with Crippen LogP contribution < -0.4 is 0 Å². The van der Waals surface area contributed by atoms with E-state index < -0.39 is 0 Å². The molecular weight excluding hydrogens is 152 g/mol. The van der Waals surface area contributed by atoms with Gasteiger partial charge in [-0.1, -0.05) is 6.92 Å². The molecule has 2 saturated carbocycles. The number of fused-ring (bicyclic) bond motifs is 1. The van der Waals surface area contributed by atoms with Crippen molar-refractivity contribution >= 4 is 11.6 Å². The third-order valence-electron chi connectivity index (χ3n) is 3.29. The highest BCUT2D eigenvalue weighted by atomic mass is 16.2. The van der Waals surface area contributed by atoms with Gasteiger partial charge in [-0.2, -0.15) is 0 Å². The number of carbonyl (C=O) groups excluding carboxylic acids is 2. The van der Waals surface area contributed by atoms with Crippen molar-refractivity contribution in [2.75, 3.05) is 0 Å². The molecule has 0 spiro atoms. The lowest BCUT2D eigenvalue weighted by Crippen LogP contribution is -2.25. The number of hydrogen-bond donors (Lipinski definition) is 0. The van der Waals surface area contributed by atoms with Gasteiger partial charge < -0.3 is 0 Å². The van der Waals surface area contributed by atoms with Crippen molar-refractivity contribution < 1.29 is 9.59 Å². The fourth-order valence-corrected chi connectivity index (χ4v) is 2.56. The molecule has 0 radical (unpaired) electrons. The van der Waals surface area contributed by atoms with E-state index in [0.29, 0.717) is 5.92 Å². The Morgan fingerprint density at radius 1 is 1.08 bits per heavy atom. The van der Waals surface area contributed by atoms with Crippen LogP contribution in [0.25, 0.3) is 0 Å². The van der Waals surface area contributed by atoms with Gasteiger partial charge in [-0.05, 0) is 25.2 Å². The molecule has 0 amide bonds. The van der Waals surface area contributed by atoms with E-state index in [9.17, 15) is 9.59 Å². The number of ketones is 2. The molecular formula is C10H14O2. The zero-order valence-electron chi connectivity index (χ0n) is 7.38. The monoisotopic (exact) mass is 166 g/mol. The van der Waals surface area contributed by atoms with Crippen molar-refractivity contribution in [3.8, 4) is 0 Å². The average molecular weight is 166 g/mol. The second-order valence-electron chi connectivity index (χ2n) is 4.24. The van der Waals surface area contributed by atoms with Gasteiger partial charge in [0.1, 0.15) is 11.6 Å². The zero-order valence-corrected chi connectivity index (χ0v) is 7.38. The first-order chi connectivity index (χ1) is 5.68. The number of hydrogen-bond acceptors (Lipinski definition) is 2.